The summed E-state index contributed by atoms with van der Waals surface area (Å²) in [7, 11) is 0. The van der Waals surface area contributed by atoms with Crippen LogP contribution >= 0.6 is 39.3 Å². The molecule has 0 amide bonds. The highest BCUT2D eigenvalue weighted by Gasteiger charge is 2.10. The van der Waals surface area contributed by atoms with Crippen LogP contribution in [0, 0.1) is 5.82 Å². The average Bonchev–Trinajstić information content (AvgIpc) is 2.90. The van der Waals surface area contributed by atoms with Gasteiger partial charge in [0.25, 0.3) is 0 Å². The van der Waals surface area contributed by atoms with Gasteiger partial charge >= 0.3 is 0 Å². The lowest BCUT2D eigenvalue weighted by Gasteiger charge is -2.09. The molecule has 0 bridgehead atoms. The first-order chi connectivity index (χ1) is 9.65. The van der Waals surface area contributed by atoms with Gasteiger partial charge in [0.2, 0.25) is 0 Å². The summed E-state index contributed by atoms with van der Waals surface area (Å²) in [6.45, 7) is 0.523. The first kappa shape index (κ1) is 13.7. The average molecular weight is 373 g/mol. The molecule has 3 nitrogen and oxygen atoms in total. The van der Waals surface area contributed by atoms with Crippen LogP contribution in [0.3, 0.4) is 0 Å². The van der Waals surface area contributed by atoms with Crippen molar-refractivity contribution in [3.8, 4) is 0 Å². The van der Waals surface area contributed by atoms with Crippen molar-refractivity contribution in [2.75, 3.05) is 5.32 Å². The van der Waals surface area contributed by atoms with E-state index in [4.69, 9.17) is 11.6 Å². The number of benzene rings is 2. The lowest BCUT2D eigenvalue weighted by molar-refractivity contribution is 0.620. The molecule has 0 spiro atoms. The van der Waals surface area contributed by atoms with E-state index in [9.17, 15) is 4.39 Å². The summed E-state index contributed by atoms with van der Waals surface area (Å²) >= 11 is 10.5. The van der Waals surface area contributed by atoms with E-state index in [1.54, 1.807) is 18.2 Å². The van der Waals surface area contributed by atoms with Crippen LogP contribution in [0.15, 0.2) is 34.8 Å². The molecule has 3 rings (SSSR count). The first-order valence-corrected chi connectivity index (χ1v) is 7.64. The number of nitrogens with zero attached hydrogens (tertiary/aromatic N) is 2. The summed E-state index contributed by atoms with van der Waals surface area (Å²) in [5.41, 5.74) is 3.25. The van der Waals surface area contributed by atoms with Crippen molar-refractivity contribution in [1.29, 1.82) is 0 Å². The van der Waals surface area contributed by atoms with E-state index in [1.165, 1.54) is 6.07 Å². The maximum absolute atomic E-state index is 13.2. The second-order valence-electron chi connectivity index (χ2n) is 4.16. The van der Waals surface area contributed by atoms with Crippen molar-refractivity contribution in [3.05, 3.63) is 51.2 Å². The molecule has 1 aromatic heterocycles. The third-order valence-corrected chi connectivity index (χ3v) is 4.30. The lowest BCUT2D eigenvalue weighted by atomic mass is 10.2. The monoisotopic (exact) mass is 371 g/mol. The standard InChI is InChI=1S/C13H8BrClFN3S/c14-8-5-7(1-3-10(8)16)6-17-12-9(15)2-4-11-13(12)19-20-18-11/h1-5,17H,6H2. The van der Waals surface area contributed by atoms with Gasteiger partial charge in [0.1, 0.15) is 16.9 Å². The van der Waals surface area contributed by atoms with E-state index in [0.29, 0.717) is 16.0 Å². The molecular formula is C13H8BrClFN3S. The number of nitrogens with one attached hydrogen (secondary N) is 1. The molecule has 1 N–H and O–H groups in total. The third kappa shape index (κ3) is 2.63. The Kier molecular flexibility index (Phi) is 3.87. The molecule has 7 heteroatoms. The van der Waals surface area contributed by atoms with Crippen molar-refractivity contribution in [2.24, 2.45) is 0 Å². The van der Waals surface area contributed by atoms with Gasteiger partial charge in [-0.25, -0.2) is 4.39 Å². The number of hydrogen-bond donors (Lipinski definition) is 1. The Morgan fingerprint density at radius 3 is 2.90 bits per heavy atom. The Hall–Kier alpha value is -1.24. The molecule has 0 radical (unpaired) electrons. The Bertz CT molecular complexity index is 777. The number of fused-ring (bicyclic) bond motifs is 1. The normalized spacial score (nSPS) is 10.9. The zero-order valence-electron chi connectivity index (χ0n) is 10.0. The van der Waals surface area contributed by atoms with Crippen LogP contribution < -0.4 is 5.32 Å². The molecule has 0 aliphatic rings. The third-order valence-electron chi connectivity index (χ3n) is 2.83. The van der Waals surface area contributed by atoms with Crippen LogP contribution in [0.4, 0.5) is 10.1 Å². The minimum absolute atomic E-state index is 0.280. The summed E-state index contributed by atoms with van der Waals surface area (Å²) in [5, 5.41) is 3.82. The highest BCUT2D eigenvalue weighted by molar-refractivity contribution is 9.10. The van der Waals surface area contributed by atoms with Gasteiger partial charge in [0.15, 0.2) is 0 Å². The topological polar surface area (TPSA) is 37.8 Å². The Balaban J connectivity index is 1.88. The number of rotatable bonds is 3. The zero-order valence-corrected chi connectivity index (χ0v) is 13.2. The van der Waals surface area contributed by atoms with Crippen LogP contribution in [-0.2, 0) is 6.54 Å². The molecule has 0 unspecified atom stereocenters. The molecule has 2 aromatic carbocycles. The molecule has 0 atom stereocenters. The Morgan fingerprint density at radius 2 is 2.10 bits per heavy atom. The van der Waals surface area contributed by atoms with Crippen molar-refractivity contribution >= 4 is 56.0 Å². The maximum atomic E-state index is 13.2. The molecule has 1 heterocycles. The van der Waals surface area contributed by atoms with Gasteiger partial charge < -0.3 is 5.32 Å². The fraction of sp³-hybridized carbons (Fsp3) is 0.0769. The van der Waals surface area contributed by atoms with E-state index in [2.05, 4.69) is 30.0 Å². The molecular weight excluding hydrogens is 365 g/mol. The van der Waals surface area contributed by atoms with E-state index in [-0.39, 0.29) is 5.82 Å². The number of halogens is 3. The summed E-state index contributed by atoms with van der Waals surface area (Å²) in [5.74, 6) is -0.280. The molecule has 0 aliphatic carbocycles. The van der Waals surface area contributed by atoms with Crippen molar-refractivity contribution in [2.45, 2.75) is 6.54 Å². The molecule has 20 heavy (non-hydrogen) atoms. The SMILES string of the molecule is Fc1ccc(CNc2c(Cl)ccc3nsnc23)cc1Br. The second kappa shape index (κ2) is 5.63. The summed E-state index contributed by atoms with van der Waals surface area (Å²) < 4.78 is 22.0. The van der Waals surface area contributed by atoms with Gasteiger partial charge in [-0.2, -0.15) is 8.75 Å². The highest BCUT2D eigenvalue weighted by atomic mass is 79.9. The number of aromatic nitrogens is 2. The molecule has 0 saturated heterocycles. The van der Waals surface area contributed by atoms with Crippen LogP contribution in [0.25, 0.3) is 11.0 Å². The fourth-order valence-corrected chi connectivity index (χ4v) is 3.02. The summed E-state index contributed by atoms with van der Waals surface area (Å²) in [6, 6.07) is 8.50. The first-order valence-electron chi connectivity index (χ1n) is 5.74. The molecule has 0 aliphatic heterocycles. The zero-order chi connectivity index (χ0) is 14.1. The van der Waals surface area contributed by atoms with Crippen LogP contribution in [0.1, 0.15) is 5.56 Å². The minimum Gasteiger partial charge on any atom is -0.378 e. The maximum Gasteiger partial charge on any atom is 0.137 e. The van der Waals surface area contributed by atoms with Crippen LogP contribution in [0.2, 0.25) is 5.02 Å². The quantitative estimate of drug-likeness (QED) is 0.713. The summed E-state index contributed by atoms with van der Waals surface area (Å²) in [4.78, 5) is 0. The van der Waals surface area contributed by atoms with Crippen molar-refractivity contribution < 1.29 is 4.39 Å². The van der Waals surface area contributed by atoms with Crippen LogP contribution in [-0.4, -0.2) is 8.75 Å². The fourth-order valence-electron chi connectivity index (χ4n) is 1.84. The van der Waals surface area contributed by atoms with E-state index in [1.807, 2.05) is 6.07 Å². The second-order valence-corrected chi connectivity index (χ2v) is 5.95. The Labute approximate surface area is 132 Å². The molecule has 0 fully saturated rings. The smallest absolute Gasteiger partial charge is 0.137 e. The van der Waals surface area contributed by atoms with Gasteiger partial charge in [-0.15, -0.1) is 0 Å². The Morgan fingerprint density at radius 1 is 1.25 bits per heavy atom. The van der Waals surface area contributed by atoms with Crippen molar-refractivity contribution in [1.82, 2.24) is 8.75 Å². The predicted octanol–water partition coefficient (Wildman–Crippen LogP) is 4.86. The highest BCUT2D eigenvalue weighted by Crippen LogP contribution is 2.30. The van der Waals surface area contributed by atoms with Gasteiger partial charge in [-0.3, -0.25) is 0 Å². The number of anilines is 1. The van der Waals surface area contributed by atoms with Gasteiger partial charge in [0.05, 0.1) is 26.9 Å². The van der Waals surface area contributed by atoms with Crippen LogP contribution in [0.5, 0.6) is 0 Å². The van der Waals surface area contributed by atoms with Gasteiger partial charge in [-0.1, -0.05) is 17.7 Å². The van der Waals surface area contributed by atoms with Crippen molar-refractivity contribution in [3.63, 3.8) is 0 Å². The molecule has 0 saturated carbocycles. The van der Waals surface area contributed by atoms with Gasteiger partial charge in [0, 0.05) is 6.54 Å². The number of hydrogen-bond acceptors (Lipinski definition) is 4. The van der Waals surface area contributed by atoms with Gasteiger partial charge in [-0.05, 0) is 45.8 Å². The largest absolute Gasteiger partial charge is 0.378 e. The van der Waals surface area contributed by atoms with E-state index in [0.717, 1.165) is 34.0 Å². The van der Waals surface area contributed by atoms with E-state index >= 15 is 0 Å². The summed E-state index contributed by atoms with van der Waals surface area (Å²) in [6.07, 6.45) is 0. The predicted molar refractivity (Wildman–Crippen MR) is 83.9 cm³/mol. The molecule has 3 aromatic rings. The molecule has 102 valence electrons. The minimum atomic E-state index is -0.280. The lowest BCUT2D eigenvalue weighted by Crippen LogP contribution is -2.01. The van der Waals surface area contributed by atoms with E-state index < -0.39 is 0 Å².